The van der Waals surface area contributed by atoms with Crippen LogP contribution in [0.5, 0.6) is 0 Å². The molecule has 64 valence electrons. The molecule has 1 aliphatic rings. The normalized spacial score (nSPS) is 22.4. The number of carbonyl (C=O) groups excluding carboxylic acids is 1. The third kappa shape index (κ3) is 4.02. The zero-order chi connectivity index (χ0) is 7.94. The van der Waals surface area contributed by atoms with Crippen LogP contribution in [0.2, 0.25) is 0 Å². The average Bonchev–Trinajstić information content (AvgIpc) is 2.03. The molecule has 1 aliphatic heterocycles. The van der Waals surface area contributed by atoms with Crippen molar-refractivity contribution in [1.82, 2.24) is 0 Å². The molecule has 0 unspecified atom stereocenters. The summed E-state index contributed by atoms with van der Waals surface area (Å²) in [6.07, 6.45) is 7.68. The molecule has 0 aromatic heterocycles. The van der Waals surface area contributed by atoms with Gasteiger partial charge in [-0.2, -0.15) is 0 Å². The summed E-state index contributed by atoms with van der Waals surface area (Å²) in [6.45, 7) is 0.638. The van der Waals surface area contributed by atoms with Crippen LogP contribution in [-0.2, 0) is 9.53 Å². The van der Waals surface area contributed by atoms with Gasteiger partial charge in [0, 0.05) is 6.42 Å². The van der Waals surface area contributed by atoms with Gasteiger partial charge in [0.15, 0.2) is 0 Å². The summed E-state index contributed by atoms with van der Waals surface area (Å²) >= 11 is 0. The van der Waals surface area contributed by atoms with Gasteiger partial charge < -0.3 is 4.74 Å². The summed E-state index contributed by atoms with van der Waals surface area (Å²) in [5, 5.41) is 0. The standard InChI is InChI=1S/C9H16O2/c10-9-7-5-3-1-2-4-6-8-11-9/h1-8H2. The van der Waals surface area contributed by atoms with E-state index >= 15 is 0 Å². The lowest BCUT2D eigenvalue weighted by Crippen LogP contribution is -2.06. The molecule has 1 rings (SSSR count). The number of rotatable bonds is 0. The second-order valence-electron chi connectivity index (χ2n) is 3.09. The van der Waals surface area contributed by atoms with Gasteiger partial charge in [0.05, 0.1) is 6.61 Å². The number of hydrogen-bond acceptors (Lipinski definition) is 2. The Morgan fingerprint density at radius 1 is 0.909 bits per heavy atom. The number of ether oxygens (including phenoxy) is 1. The van der Waals surface area contributed by atoms with Gasteiger partial charge in [-0.05, 0) is 12.8 Å². The summed E-state index contributed by atoms with van der Waals surface area (Å²) in [5.41, 5.74) is 0. The fraction of sp³-hybridized carbons (Fsp3) is 0.889. The molecule has 11 heavy (non-hydrogen) atoms. The third-order valence-electron chi connectivity index (χ3n) is 2.04. The van der Waals surface area contributed by atoms with Crippen molar-refractivity contribution in [2.75, 3.05) is 6.61 Å². The molecular weight excluding hydrogens is 140 g/mol. The Kier molecular flexibility index (Phi) is 4.02. The average molecular weight is 156 g/mol. The second-order valence-corrected chi connectivity index (χ2v) is 3.09. The molecule has 0 aliphatic carbocycles. The maximum atomic E-state index is 10.9. The van der Waals surface area contributed by atoms with Crippen LogP contribution in [0.1, 0.15) is 44.9 Å². The van der Waals surface area contributed by atoms with Crippen LogP contribution in [0.15, 0.2) is 0 Å². The van der Waals surface area contributed by atoms with Crippen molar-refractivity contribution >= 4 is 5.97 Å². The van der Waals surface area contributed by atoms with E-state index < -0.39 is 0 Å². The van der Waals surface area contributed by atoms with Gasteiger partial charge in [-0.1, -0.05) is 25.7 Å². The monoisotopic (exact) mass is 156 g/mol. The molecule has 2 nitrogen and oxygen atoms in total. The van der Waals surface area contributed by atoms with E-state index in [1.165, 1.54) is 25.7 Å². The molecule has 0 spiro atoms. The number of esters is 1. The molecule has 0 aromatic carbocycles. The zero-order valence-corrected chi connectivity index (χ0v) is 6.97. The van der Waals surface area contributed by atoms with E-state index in [-0.39, 0.29) is 5.97 Å². The van der Waals surface area contributed by atoms with Crippen LogP contribution >= 0.6 is 0 Å². The Labute approximate surface area is 67.9 Å². The fourth-order valence-electron chi connectivity index (χ4n) is 1.34. The maximum absolute atomic E-state index is 10.9. The highest BCUT2D eigenvalue weighted by molar-refractivity contribution is 5.69. The van der Waals surface area contributed by atoms with E-state index in [0.717, 1.165) is 12.8 Å². The van der Waals surface area contributed by atoms with Crippen LogP contribution in [0, 0.1) is 0 Å². The molecule has 0 saturated carbocycles. The second kappa shape index (κ2) is 5.16. The van der Waals surface area contributed by atoms with Crippen LogP contribution in [0.3, 0.4) is 0 Å². The predicted molar refractivity (Wildman–Crippen MR) is 43.3 cm³/mol. The molecule has 0 aromatic rings. The first-order chi connectivity index (χ1) is 5.39. The van der Waals surface area contributed by atoms with Gasteiger partial charge in [0.2, 0.25) is 0 Å². The van der Waals surface area contributed by atoms with Crippen molar-refractivity contribution < 1.29 is 9.53 Å². The number of hydrogen-bond donors (Lipinski definition) is 0. The summed E-state index contributed by atoms with van der Waals surface area (Å²) in [7, 11) is 0. The third-order valence-corrected chi connectivity index (χ3v) is 2.04. The van der Waals surface area contributed by atoms with E-state index in [1.54, 1.807) is 0 Å². The number of carbonyl (C=O) groups is 1. The van der Waals surface area contributed by atoms with E-state index in [4.69, 9.17) is 4.74 Å². The lowest BCUT2D eigenvalue weighted by molar-refractivity contribution is -0.144. The highest BCUT2D eigenvalue weighted by atomic mass is 16.5. The molecule has 0 radical (unpaired) electrons. The fourth-order valence-corrected chi connectivity index (χ4v) is 1.34. The zero-order valence-electron chi connectivity index (χ0n) is 6.97. The molecule has 1 saturated heterocycles. The summed E-state index contributed by atoms with van der Waals surface area (Å²) in [5.74, 6) is -0.00750. The van der Waals surface area contributed by atoms with Gasteiger partial charge >= 0.3 is 5.97 Å². The minimum atomic E-state index is -0.00750. The molecule has 2 heteroatoms. The Morgan fingerprint density at radius 2 is 1.55 bits per heavy atom. The van der Waals surface area contributed by atoms with Crippen LogP contribution in [0.25, 0.3) is 0 Å². The Balaban J connectivity index is 2.17. The Morgan fingerprint density at radius 3 is 2.36 bits per heavy atom. The van der Waals surface area contributed by atoms with Crippen molar-refractivity contribution in [3.63, 3.8) is 0 Å². The van der Waals surface area contributed by atoms with Crippen molar-refractivity contribution in [2.24, 2.45) is 0 Å². The van der Waals surface area contributed by atoms with E-state index in [0.29, 0.717) is 13.0 Å². The molecule has 1 fully saturated rings. The van der Waals surface area contributed by atoms with Crippen LogP contribution in [0.4, 0.5) is 0 Å². The van der Waals surface area contributed by atoms with Gasteiger partial charge in [0.1, 0.15) is 0 Å². The maximum Gasteiger partial charge on any atom is 0.305 e. The highest BCUT2D eigenvalue weighted by Gasteiger charge is 2.03. The lowest BCUT2D eigenvalue weighted by Gasteiger charge is -2.07. The Hall–Kier alpha value is -0.530. The molecule has 0 bridgehead atoms. The quantitative estimate of drug-likeness (QED) is 0.503. The lowest BCUT2D eigenvalue weighted by atomic mass is 10.1. The van der Waals surface area contributed by atoms with E-state index in [9.17, 15) is 4.79 Å². The molecule has 0 amide bonds. The Bertz CT molecular complexity index is 109. The van der Waals surface area contributed by atoms with E-state index in [1.807, 2.05) is 0 Å². The first-order valence-corrected chi connectivity index (χ1v) is 4.55. The first kappa shape index (κ1) is 8.57. The predicted octanol–water partition coefficient (Wildman–Crippen LogP) is 2.27. The van der Waals surface area contributed by atoms with Gasteiger partial charge in [-0.15, -0.1) is 0 Å². The van der Waals surface area contributed by atoms with Crippen molar-refractivity contribution in [3.05, 3.63) is 0 Å². The summed E-state index contributed by atoms with van der Waals surface area (Å²) in [4.78, 5) is 10.9. The minimum Gasteiger partial charge on any atom is -0.466 e. The van der Waals surface area contributed by atoms with Crippen molar-refractivity contribution in [1.29, 1.82) is 0 Å². The van der Waals surface area contributed by atoms with Crippen molar-refractivity contribution in [3.8, 4) is 0 Å². The van der Waals surface area contributed by atoms with Crippen LogP contribution < -0.4 is 0 Å². The molecule has 0 atom stereocenters. The van der Waals surface area contributed by atoms with Crippen molar-refractivity contribution in [2.45, 2.75) is 44.9 Å². The van der Waals surface area contributed by atoms with Gasteiger partial charge in [0.25, 0.3) is 0 Å². The SMILES string of the molecule is O=C1CCCCCCCCO1. The van der Waals surface area contributed by atoms with Gasteiger partial charge in [-0.25, -0.2) is 0 Å². The molecular formula is C9H16O2. The van der Waals surface area contributed by atoms with Crippen LogP contribution in [-0.4, -0.2) is 12.6 Å². The molecule has 0 N–H and O–H groups in total. The minimum absolute atomic E-state index is 0.00750. The summed E-state index contributed by atoms with van der Waals surface area (Å²) < 4.78 is 4.98. The topological polar surface area (TPSA) is 26.3 Å². The first-order valence-electron chi connectivity index (χ1n) is 4.55. The smallest absolute Gasteiger partial charge is 0.305 e. The highest BCUT2D eigenvalue weighted by Crippen LogP contribution is 2.10. The summed E-state index contributed by atoms with van der Waals surface area (Å²) in [6, 6.07) is 0. The number of cyclic esters (lactones) is 1. The molecule has 1 heterocycles. The largest absolute Gasteiger partial charge is 0.466 e. The van der Waals surface area contributed by atoms with Gasteiger partial charge in [-0.3, -0.25) is 4.79 Å². The van der Waals surface area contributed by atoms with E-state index in [2.05, 4.69) is 0 Å².